The Balaban J connectivity index is 1.84. The van der Waals surface area contributed by atoms with Crippen LogP contribution >= 0.6 is 0 Å². The van der Waals surface area contributed by atoms with Gasteiger partial charge < -0.3 is 0 Å². The summed E-state index contributed by atoms with van der Waals surface area (Å²) in [7, 11) is 0. The Morgan fingerprint density at radius 2 is 1.61 bits per heavy atom. The van der Waals surface area contributed by atoms with Crippen LogP contribution in [0.5, 0.6) is 0 Å². The first-order valence-electron chi connectivity index (χ1n) is 9.58. The zero-order valence-electron chi connectivity index (χ0n) is 15.1. The zero-order valence-corrected chi connectivity index (χ0v) is 15.1. The molecule has 6 aromatic rings. The van der Waals surface area contributed by atoms with E-state index in [1.165, 1.54) is 38.4 Å². The molecule has 0 amide bonds. The van der Waals surface area contributed by atoms with Crippen molar-refractivity contribution in [1.29, 1.82) is 0 Å². The number of rotatable bonds is 0. The SMILES string of the molecule is c1ccc2c(c1)Cc1ccc3c4ccccc4n4c5ncccc5nc4c3c1-2. The van der Waals surface area contributed by atoms with Crippen molar-refractivity contribution >= 4 is 38.5 Å². The number of hydrogen-bond acceptors (Lipinski definition) is 2. The lowest BCUT2D eigenvalue weighted by atomic mass is 9.96. The molecule has 3 aromatic carbocycles. The molecule has 0 radical (unpaired) electrons. The van der Waals surface area contributed by atoms with Gasteiger partial charge in [0.05, 0.1) is 5.52 Å². The van der Waals surface area contributed by atoms with Crippen molar-refractivity contribution in [1.82, 2.24) is 14.4 Å². The lowest BCUT2D eigenvalue weighted by Crippen LogP contribution is -1.94. The molecule has 0 atom stereocenters. The fourth-order valence-corrected chi connectivity index (χ4v) is 4.89. The Hall–Kier alpha value is -3.72. The highest BCUT2D eigenvalue weighted by Crippen LogP contribution is 2.44. The largest absolute Gasteiger partial charge is 0.276 e. The minimum atomic E-state index is 0.916. The van der Waals surface area contributed by atoms with Crippen LogP contribution in [0.1, 0.15) is 11.1 Å². The van der Waals surface area contributed by atoms with Crippen molar-refractivity contribution in [3.05, 3.63) is 90.1 Å². The van der Waals surface area contributed by atoms with E-state index in [1.807, 2.05) is 18.3 Å². The van der Waals surface area contributed by atoms with Crippen LogP contribution in [0.15, 0.2) is 79.0 Å². The van der Waals surface area contributed by atoms with Crippen LogP contribution in [-0.4, -0.2) is 14.4 Å². The first-order valence-corrected chi connectivity index (χ1v) is 9.58. The van der Waals surface area contributed by atoms with Gasteiger partial charge in [0.1, 0.15) is 11.2 Å². The summed E-state index contributed by atoms with van der Waals surface area (Å²) < 4.78 is 2.23. The molecule has 0 N–H and O–H groups in total. The van der Waals surface area contributed by atoms with Gasteiger partial charge in [0.2, 0.25) is 0 Å². The predicted molar refractivity (Wildman–Crippen MR) is 114 cm³/mol. The summed E-state index contributed by atoms with van der Waals surface area (Å²) in [6.45, 7) is 0. The lowest BCUT2D eigenvalue weighted by molar-refractivity contribution is 1.25. The van der Waals surface area contributed by atoms with Gasteiger partial charge in [0, 0.05) is 17.0 Å². The van der Waals surface area contributed by atoms with Crippen LogP contribution in [0, 0.1) is 0 Å². The van der Waals surface area contributed by atoms with Gasteiger partial charge in [0.25, 0.3) is 0 Å². The van der Waals surface area contributed by atoms with E-state index in [0.717, 1.165) is 28.7 Å². The van der Waals surface area contributed by atoms with Gasteiger partial charge in [-0.3, -0.25) is 4.40 Å². The fraction of sp³-hybridized carbons (Fsp3) is 0.0400. The summed E-state index contributed by atoms with van der Waals surface area (Å²) in [6, 6.07) is 25.9. The Kier molecular flexibility index (Phi) is 2.54. The second kappa shape index (κ2) is 4.96. The summed E-state index contributed by atoms with van der Waals surface area (Å²) in [4.78, 5) is 9.71. The van der Waals surface area contributed by atoms with Crippen molar-refractivity contribution in [3.63, 3.8) is 0 Å². The number of hydrogen-bond donors (Lipinski definition) is 0. The summed E-state index contributed by atoms with van der Waals surface area (Å²) in [5.41, 5.74) is 9.44. The molecule has 0 spiro atoms. The van der Waals surface area contributed by atoms with Crippen molar-refractivity contribution < 1.29 is 0 Å². The van der Waals surface area contributed by atoms with E-state index in [-0.39, 0.29) is 0 Å². The number of benzene rings is 3. The average Bonchev–Trinajstić information content (AvgIpc) is 3.32. The van der Waals surface area contributed by atoms with Gasteiger partial charge in [-0.2, -0.15) is 0 Å². The highest BCUT2D eigenvalue weighted by atomic mass is 15.1. The van der Waals surface area contributed by atoms with Gasteiger partial charge in [-0.1, -0.05) is 54.6 Å². The Morgan fingerprint density at radius 3 is 2.61 bits per heavy atom. The molecule has 130 valence electrons. The summed E-state index contributed by atoms with van der Waals surface area (Å²) >= 11 is 0. The summed E-state index contributed by atoms with van der Waals surface area (Å²) in [5, 5.41) is 3.73. The smallest absolute Gasteiger partial charge is 0.164 e. The molecular weight excluding hydrogens is 342 g/mol. The summed E-state index contributed by atoms with van der Waals surface area (Å²) in [5.74, 6) is 0. The van der Waals surface area contributed by atoms with Crippen molar-refractivity contribution in [2.24, 2.45) is 0 Å². The Morgan fingerprint density at radius 1 is 0.714 bits per heavy atom. The van der Waals surface area contributed by atoms with E-state index in [0.29, 0.717) is 0 Å². The molecule has 3 nitrogen and oxygen atoms in total. The molecule has 3 heteroatoms. The van der Waals surface area contributed by atoms with E-state index in [9.17, 15) is 0 Å². The fourth-order valence-electron chi connectivity index (χ4n) is 4.89. The highest BCUT2D eigenvalue weighted by molar-refractivity contribution is 6.19. The van der Waals surface area contributed by atoms with Gasteiger partial charge in [-0.15, -0.1) is 0 Å². The van der Waals surface area contributed by atoms with E-state index in [2.05, 4.69) is 70.0 Å². The summed E-state index contributed by atoms with van der Waals surface area (Å²) in [6.07, 6.45) is 2.83. The van der Waals surface area contributed by atoms with Crippen LogP contribution < -0.4 is 0 Å². The number of pyridine rings is 2. The van der Waals surface area contributed by atoms with Crippen LogP contribution in [0.2, 0.25) is 0 Å². The Bertz CT molecular complexity index is 1590. The number of para-hydroxylation sites is 1. The number of aromatic nitrogens is 3. The van der Waals surface area contributed by atoms with Crippen LogP contribution in [0.4, 0.5) is 0 Å². The first-order chi connectivity index (χ1) is 13.9. The molecule has 28 heavy (non-hydrogen) atoms. The molecule has 7 rings (SSSR count). The first kappa shape index (κ1) is 14.4. The second-order valence-corrected chi connectivity index (χ2v) is 7.49. The van der Waals surface area contributed by atoms with E-state index in [1.54, 1.807) is 0 Å². The molecule has 0 saturated carbocycles. The van der Waals surface area contributed by atoms with E-state index >= 15 is 0 Å². The minimum Gasteiger partial charge on any atom is -0.276 e. The van der Waals surface area contributed by atoms with Gasteiger partial charge in [-0.05, 0) is 52.3 Å². The molecule has 3 heterocycles. The predicted octanol–water partition coefficient (Wildman–Crippen LogP) is 5.76. The molecule has 3 aromatic heterocycles. The van der Waals surface area contributed by atoms with Crippen molar-refractivity contribution in [3.8, 4) is 11.1 Å². The lowest BCUT2D eigenvalue weighted by Gasteiger charge is -2.12. The monoisotopic (exact) mass is 357 g/mol. The second-order valence-electron chi connectivity index (χ2n) is 7.49. The Labute approximate surface area is 160 Å². The van der Waals surface area contributed by atoms with Gasteiger partial charge in [0.15, 0.2) is 5.65 Å². The molecule has 1 aliphatic rings. The van der Waals surface area contributed by atoms with Crippen molar-refractivity contribution in [2.45, 2.75) is 6.42 Å². The van der Waals surface area contributed by atoms with Gasteiger partial charge in [-0.25, -0.2) is 9.97 Å². The number of imidazole rings is 1. The van der Waals surface area contributed by atoms with Crippen LogP contribution in [0.25, 0.3) is 49.6 Å². The third kappa shape index (κ3) is 1.65. The zero-order chi connectivity index (χ0) is 18.2. The quantitative estimate of drug-likeness (QED) is 0.323. The third-order valence-corrected chi connectivity index (χ3v) is 6.03. The van der Waals surface area contributed by atoms with Crippen molar-refractivity contribution in [2.75, 3.05) is 0 Å². The molecule has 0 saturated heterocycles. The standard InChI is InChI=1S/C25H15N3/c1-2-7-17-15(6-1)14-16-11-12-19-18-8-3-4-10-21(18)28-24-20(9-5-13-26-24)27-25(28)23(19)22(16)17/h1-13H,14H2. The molecule has 0 aliphatic heterocycles. The van der Waals surface area contributed by atoms with Crippen LogP contribution in [0.3, 0.4) is 0 Å². The normalized spacial score (nSPS) is 12.9. The maximum Gasteiger partial charge on any atom is 0.164 e. The maximum absolute atomic E-state index is 5.04. The number of fused-ring (bicyclic) bond motifs is 12. The molecular formula is C25H15N3. The average molecular weight is 357 g/mol. The highest BCUT2D eigenvalue weighted by Gasteiger charge is 2.24. The van der Waals surface area contributed by atoms with E-state index in [4.69, 9.17) is 4.98 Å². The van der Waals surface area contributed by atoms with Crippen LogP contribution in [-0.2, 0) is 6.42 Å². The third-order valence-electron chi connectivity index (χ3n) is 6.03. The van der Waals surface area contributed by atoms with E-state index < -0.39 is 0 Å². The molecule has 0 bridgehead atoms. The maximum atomic E-state index is 5.04. The molecule has 0 fully saturated rings. The minimum absolute atomic E-state index is 0.916. The topological polar surface area (TPSA) is 30.2 Å². The molecule has 0 unspecified atom stereocenters. The molecule has 1 aliphatic carbocycles. The number of nitrogens with zero attached hydrogens (tertiary/aromatic N) is 3. The van der Waals surface area contributed by atoms with Gasteiger partial charge >= 0.3 is 0 Å².